The van der Waals surface area contributed by atoms with Crippen LogP contribution in [0.4, 0.5) is 0 Å². The van der Waals surface area contributed by atoms with Gasteiger partial charge in [0.05, 0.1) is 12.7 Å². The SMILES string of the molecule is CO[C@H]1O[C@@H]2C[C@@H]2[C@@H]1CCOC(C)=O. The van der Waals surface area contributed by atoms with Crippen molar-refractivity contribution in [3.05, 3.63) is 0 Å². The average molecular weight is 200 g/mol. The highest BCUT2D eigenvalue weighted by Crippen LogP contribution is 2.51. The second-order valence-electron chi connectivity index (χ2n) is 3.97. The molecule has 4 nitrogen and oxygen atoms in total. The van der Waals surface area contributed by atoms with E-state index in [1.54, 1.807) is 7.11 Å². The number of carbonyl (C=O) groups excluding carboxylic acids is 1. The Morgan fingerprint density at radius 1 is 1.57 bits per heavy atom. The first-order valence-electron chi connectivity index (χ1n) is 5.04. The fraction of sp³-hybridized carbons (Fsp3) is 0.900. The zero-order valence-corrected chi connectivity index (χ0v) is 8.56. The fourth-order valence-electron chi connectivity index (χ4n) is 2.19. The molecule has 2 aliphatic rings. The van der Waals surface area contributed by atoms with E-state index in [-0.39, 0.29) is 12.3 Å². The summed E-state index contributed by atoms with van der Waals surface area (Å²) in [5.41, 5.74) is 0. The van der Waals surface area contributed by atoms with Gasteiger partial charge in [0, 0.05) is 20.0 Å². The van der Waals surface area contributed by atoms with Gasteiger partial charge in [0.15, 0.2) is 6.29 Å². The summed E-state index contributed by atoms with van der Waals surface area (Å²) in [6.07, 6.45) is 2.31. The highest BCUT2D eigenvalue weighted by molar-refractivity contribution is 5.65. The summed E-state index contributed by atoms with van der Waals surface area (Å²) in [6, 6.07) is 0. The maximum absolute atomic E-state index is 10.6. The molecule has 2 rings (SSSR count). The standard InChI is InChI=1S/C10H16O4/c1-6(11)13-4-3-7-8-5-9(8)14-10(7)12-2/h7-10H,3-5H2,1-2H3/t7-,8+,9+,10-/m0/s1. The molecule has 1 aliphatic heterocycles. The van der Waals surface area contributed by atoms with Crippen molar-refractivity contribution in [2.75, 3.05) is 13.7 Å². The number of fused-ring (bicyclic) bond motifs is 1. The maximum atomic E-state index is 10.6. The van der Waals surface area contributed by atoms with Gasteiger partial charge in [-0.3, -0.25) is 4.79 Å². The zero-order valence-electron chi connectivity index (χ0n) is 8.56. The molecule has 1 aliphatic carbocycles. The van der Waals surface area contributed by atoms with Crippen molar-refractivity contribution in [3.63, 3.8) is 0 Å². The minimum absolute atomic E-state index is 0.0886. The minimum Gasteiger partial charge on any atom is -0.466 e. The predicted octanol–water partition coefficient (Wildman–Crippen LogP) is 0.947. The number of hydrogen-bond donors (Lipinski definition) is 0. The number of esters is 1. The van der Waals surface area contributed by atoms with Gasteiger partial charge in [-0.1, -0.05) is 0 Å². The number of hydrogen-bond acceptors (Lipinski definition) is 4. The van der Waals surface area contributed by atoms with Crippen LogP contribution in [0.1, 0.15) is 19.8 Å². The molecule has 0 unspecified atom stereocenters. The second kappa shape index (κ2) is 3.87. The van der Waals surface area contributed by atoms with Crippen LogP contribution in [0.3, 0.4) is 0 Å². The quantitative estimate of drug-likeness (QED) is 0.634. The Balaban J connectivity index is 1.75. The Labute approximate surface area is 83.5 Å². The van der Waals surface area contributed by atoms with Crippen LogP contribution < -0.4 is 0 Å². The molecule has 4 atom stereocenters. The maximum Gasteiger partial charge on any atom is 0.302 e. The van der Waals surface area contributed by atoms with Crippen molar-refractivity contribution in [1.29, 1.82) is 0 Å². The topological polar surface area (TPSA) is 44.8 Å². The number of rotatable bonds is 4. The zero-order chi connectivity index (χ0) is 10.1. The summed E-state index contributed by atoms with van der Waals surface area (Å²) >= 11 is 0. The van der Waals surface area contributed by atoms with Crippen LogP contribution in [0.15, 0.2) is 0 Å². The lowest BCUT2D eigenvalue weighted by Crippen LogP contribution is -2.23. The van der Waals surface area contributed by atoms with Crippen LogP contribution in [-0.2, 0) is 19.0 Å². The molecule has 0 spiro atoms. The Hall–Kier alpha value is -0.610. The molecular weight excluding hydrogens is 184 g/mol. The van der Waals surface area contributed by atoms with Gasteiger partial charge in [0.25, 0.3) is 0 Å². The summed E-state index contributed by atoms with van der Waals surface area (Å²) < 4.78 is 15.7. The van der Waals surface area contributed by atoms with Gasteiger partial charge >= 0.3 is 5.97 Å². The molecule has 0 aromatic rings. The first kappa shape index (κ1) is 9.93. The largest absolute Gasteiger partial charge is 0.466 e. The van der Waals surface area contributed by atoms with Crippen molar-refractivity contribution in [3.8, 4) is 0 Å². The van der Waals surface area contributed by atoms with Gasteiger partial charge in [0.1, 0.15) is 0 Å². The van der Waals surface area contributed by atoms with E-state index >= 15 is 0 Å². The van der Waals surface area contributed by atoms with Crippen molar-refractivity contribution in [2.24, 2.45) is 11.8 Å². The third-order valence-corrected chi connectivity index (χ3v) is 2.98. The van der Waals surface area contributed by atoms with Crippen LogP contribution in [0, 0.1) is 11.8 Å². The highest BCUT2D eigenvalue weighted by Gasteiger charge is 2.54. The van der Waals surface area contributed by atoms with E-state index in [9.17, 15) is 4.79 Å². The van der Waals surface area contributed by atoms with E-state index in [1.807, 2.05) is 0 Å². The molecule has 0 amide bonds. The Morgan fingerprint density at radius 2 is 2.36 bits per heavy atom. The number of carbonyl (C=O) groups is 1. The fourth-order valence-corrected chi connectivity index (χ4v) is 2.19. The number of methoxy groups -OCH3 is 1. The summed E-state index contributed by atoms with van der Waals surface area (Å²) in [7, 11) is 1.66. The summed E-state index contributed by atoms with van der Waals surface area (Å²) in [4.78, 5) is 10.6. The average Bonchev–Trinajstić information content (AvgIpc) is 2.82. The van der Waals surface area contributed by atoms with Crippen LogP contribution in [0.25, 0.3) is 0 Å². The predicted molar refractivity (Wildman–Crippen MR) is 48.5 cm³/mol. The molecule has 0 aromatic heterocycles. The van der Waals surface area contributed by atoms with Crippen molar-refractivity contribution >= 4 is 5.97 Å². The molecule has 0 aromatic carbocycles. The Bertz CT molecular complexity index is 228. The Kier molecular flexibility index (Phi) is 2.74. The van der Waals surface area contributed by atoms with Gasteiger partial charge < -0.3 is 14.2 Å². The van der Waals surface area contributed by atoms with E-state index in [0.717, 1.165) is 12.8 Å². The molecule has 0 bridgehead atoms. The third kappa shape index (κ3) is 1.91. The van der Waals surface area contributed by atoms with Gasteiger partial charge in [0.2, 0.25) is 0 Å². The normalized spacial score (nSPS) is 39.3. The summed E-state index contributed by atoms with van der Waals surface area (Å²) in [6.45, 7) is 1.91. The molecule has 14 heavy (non-hydrogen) atoms. The first-order valence-corrected chi connectivity index (χ1v) is 5.04. The van der Waals surface area contributed by atoms with Crippen molar-refractivity contribution in [1.82, 2.24) is 0 Å². The monoisotopic (exact) mass is 200 g/mol. The summed E-state index contributed by atoms with van der Waals surface area (Å²) in [5.74, 6) is 0.824. The first-order chi connectivity index (χ1) is 6.72. The molecule has 0 N–H and O–H groups in total. The van der Waals surface area contributed by atoms with E-state index in [1.165, 1.54) is 6.92 Å². The molecular formula is C10H16O4. The van der Waals surface area contributed by atoms with E-state index in [2.05, 4.69) is 0 Å². The lowest BCUT2D eigenvalue weighted by atomic mass is 10.0. The van der Waals surface area contributed by atoms with Crippen molar-refractivity contribution in [2.45, 2.75) is 32.2 Å². The van der Waals surface area contributed by atoms with Crippen LogP contribution in [0.2, 0.25) is 0 Å². The van der Waals surface area contributed by atoms with E-state index in [0.29, 0.717) is 24.5 Å². The van der Waals surface area contributed by atoms with Crippen LogP contribution in [-0.4, -0.2) is 32.1 Å². The Morgan fingerprint density at radius 3 is 3.00 bits per heavy atom. The van der Waals surface area contributed by atoms with Crippen LogP contribution in [0.5, 0.6) is 0 Å². The lowest BCUT2D eigenvalue weighted by Gasteiger charge is -2.19. The smallest absolute Gasteiger partial charge is 0.302 e. The third-order valence-electron chi connectivity index (χ3n) is 2.98. The minimum atomic E-state index is -0.217. The molecule has 1 saturated heterocycles. The lowest BCUT2D eigenvalue weighted by molar-refractivity contribution is -0.147. The molecule has 80 valence electrons. The van der Waals surface area contributed by atoms with Gasteiger partial charge in [-0.2, -0.15) is 0 Å². The molecule has 1 heterocycles. The molecule has 2 fully saturated rings. The van der Waals surface area contributed by atoms with E-state index < -0.39 is 0 Å². The van der Waals surface area contributed by atoms with E-state index in [4.69, 9.17) is 14.2 Å². The van der Waals surface area contributed by atoms with Crippen LogP contribution >= 0.6 is 0 Å². The second-order valence-corrected chi connectivity index (χ2v) is 3.97. The molecule has 1 saturated carbocycles. The molecule has 4 heteroatoms. The van der Waals surface area contributed by atoms with Gasteiger partial charge in [-0.15, -0.1) is 0 Å². The highest BCUT2D eigenvalue weighted by atomic mass is 16.7. The summed E-state index contributed by atoms with van der Waals surface area (Å²) in [5, 5.41) is 0. The molecule has 0 radical (unpaired) electrons. The van der Waals surface area contributed by atoms with Gasteiger partial charge in [-0.25, -0.2) is 0 Å². The van der Waals surface area contributed by atoms with Gasteiger partial charge in [-0.05, 0) is 18.8 Å². The number of ether oxygens (including phenoxy) is 3. The van der Waals surface area contributed by atoms with Crippen molar-refractivity contribution < 1.29 is 19.0 Å².